The molecule has 27 heavy (non-hydrogen) atoms. The fourth-order valence-electron chi connectivity index (χ4n) is 2.76. The van der Waals surface area contributed by atoms with E-state index in [0.717, 1.165) is 5.56 Å². The third-order valence-corrected chi connectivity index (χ3v) is 5.80. The minimum Gasteiger partial charge on any atom is -0.408 e. The van der Waals surface area contributed by atoms with Gasteiger partial charge in [-0.3, -0.25) is 4.98 Å². The molecule has 0 saturated carbocycles. The molecule has 7 nitrogen and oxygen atoms in total. The highest BCUT2D eigenvalue weighted by Crippen LogP contribution is 2.26. The van der Waals surface area contributed by atoms with Crippen molar-refractivity contribution in [2.75, 3.05) is 4.31 Å². The molecular weight excluding hydrogens is 366 g/mol. The van der Waals surface area contributed by atoms with E-state index in [-0.39, 0.29) is 11.4 Å². The van der Waals surface area contributed by atoms with Crippen molar-refractivity contribution in [3.05, 3.63) is 89.0 Å². The van der Waals surface area contributed by atoms with Gasteiger partial charge < -0.3 is 4.42 Å². The summed E-state index contributed by atoms with van der Waals surface area (Å²) < 4.78 is 32.9. The van der Waals surface area contributed by atoms with E-state index in [0.29, 0.717) is 16.9 Å². The number of aromatic nitrogens is 2. The molecule has 8 heteroatoms. The van der Waals surface area contributed by atoms with Gasteiger partial charge in [0.05, 0.1) is 17.0 Å². The summed E-state index contributed by atoms with van der Waals surface area (Å²) in [6, 6.07) is 18.6. The minimum atomic E-state index is -3.93. The second-order valence-electron chi connectivity index (χ2n) is 5.86. The number of hydrogen-bond donors (Lipinski definition) is 1. The molecule has 0 spiro atoms. The van der Waals surface area contributed by atoms with Crippen molar-refractivity contribution in [2.45, 2.75) is 11.4 Å². The van der Waals surface area contributed by atoms with Crippen molar-refractivity contribution < 1.29 is 12.8 Å². The van der Waals surface area contributed by atoms with Crippen LogP contribution in [0.1, 0.15) is 5.56 Å². The fourth-order valence-corrected chi connectivity index (χ4v) is 4.19. The molecule has 0 atom stereocenters. The lowest BCUT2D eigenvalue weighted by atomic mass is 10.2. The molecule has 0 aliphatic rings. The Morgan fingerprint density at radius 3 is 2.52 bits per heavy atom. The van der Waals surface area contributed by atoms with Crippen molar-refractivity contribution in [3.8, 4) is 0 Å². The first-order valence-corrected chi connectivity index (χ1v) is 9.59. The lowest BCUT2D eigenvalue weighted by molar-refractivity contribution is 0.555. The predicted molar refractivity (Wildman–Crippen MR) is 101 cm³/mol. The van der Waals surface area contributed by atoms with E-state index in [4.69, 9.17) is 4.42 Å². The van der Waals surface area contributed by atoms with Gasteiger partial charge in [0.2, 0.25) is 0 Å². The molecule has 4 aromatic rings. The van der Waals surface area contributed by atoms with Crippen molar-refractivity contribution in [1.29, 1.82) is 0 Å². The number of nitrogens with zero attached hydrogens (tertiary/aromatic N) is 2. The van der Waals surface area contributed by atoms with Crippen molar-refractivity contribution in [3.63, 3.8) is 0 Å². The van der Waals surface area contributed by atoms with Gasteiger partial charge in [0.25, 0.3) is 10.0 Å². The van der Waals surface area contributed by atoms with Crippen LogP contribution in [-0.2, 0) is 16.6 Å². The summed E-state index contributed by atoms with van der Waals surface area (Å²) in [4.78, 5) is 18.1. The summed E-state index contributed by atoms with van der Waals surface area (Å²) in [6.45, 7) is 0.125. The number of rotatable bonds is 5. The number of anilines is 1. The van der Waals surface area contributed by atoms with Crippen molar-refractivity contribution >= 4 is 26.9 Å². The van der Waals surface area contributed by atoms with Gasteiger partial charge in [-0.1, -0.05) is 36.4 Å². The molecule has 0 amide bonds. The van der Waals surface area contributed by atoms with Crippen LogP contribution in [0.2, 0.25) is 0 Å². The molecule has 0 saturated heterocycles. The molecule has 0 aliphatic carbocycles. The van der Waals surface area contributed by atoms with E-state index in [1.54, 1.807) is 24.4 Å². The first-order valence-electron chi connectivity index (χ1n) is 8.14. The van der Waals surface area contributed by atoms with Crippen LogP contribution in [0.25, 0.3) is 11.1 Å². The van der Waals surface area contributed by atoms with Gasteiger partial charge in [-0.15, -0.1) is 0 Å². The quantitative estimate of drug-likeness (QED) is 0.573. The number of aromatic amines is 1. The lowest BCUT2D eigenvalue weighted by Crippen LogP contribution is -2.31. The van der Waals surface area contributed by atoms with E-state index < -0.39 is 15.8 Å². The van der Waals surface area contributed by atoms with Crippen LogP contribution in [0.3, 0.4) is 0 Å². The number of sulfonamides is 1. The van der Waals surface area contributed by atoms with Gasteiger partial charge in [-0.2, -0.15) is 0 Å². The van der Waals surface area contributed by atoms with E-state index in [2.05, 4.69) is 9.97 Å². The van der Waals surface area contributed by atoms with Gasteiger partial charge in [0.1, 0.15) is 5.82 Å². The maximum absolute atomic E-state index is 13.4. The Morgan fingerprint density at radius 2 is 1.78 bits per heavy atom. The standard InChI is InChI=1S/C19H15N3O4S/c23-19-21-16-12-15(9-10-17(16)26-19)27(24,25)22(18-8-4-5-11-20-18)13-14-6-2-1-3-7-14/h1-12H,13H2,(H,21,23). The normalized spacial score (nSPS) is 11.6. The zero-order valence-electron chi connectivity index (χ0n) is 14.1. The molecular formula is C19H15N3O4S. The summed E-state index contributed by atoms with van der Waals surface area (Å²) in [6.07, 6.45) is 1.54. The Labute approximate surface area is 155 Å². The maximum atomic E-state index is 13.4. The SMILES string of the molecule is O=c1[nH]c2cc(S(=O)(=O)N(Cc3ccccc3)c3ccccn3)ccc2o1. The Hall–Kier alpha value is -3.39. The highest BCUT2D eigenvalue weighted by molar-refractivity contribution is 7.92. The molecule has 136 valence electrons. The smallest absolute Gasteiger partial charge is 0.408 e. The Morgan fingerprint density at radius 1 is 1.00 bits per heavy atom. The molecule has 0 radical (unpaired) electrons. The van der Waals surface area contributed by atoms with Gasteiger partial charge >= 0.3 is 5.76 Å². The number of fused-ring (bicyclic) bond motifs is 1. The number of benzene rings is 2. The highest BCUT2D eigenvalue weighted by atomic mass is 32.2. The fraction of sp³-hybridized carbons (Fsp3) is 0.0526. The summed E-state index contributed by atoms with van der Waals surface area (Å²) in [5.74, 6) is -0.326. The topological polar surface area (TPSA) is 96.3 Å². The Kier molecular flexibility index (Phi) is 4.25. The van der Waals surface area contributed by atoms with Crippen molar-refractivity contribution in [2.24, 2.45) is 0 Å². The first-order chi connectivity index (χ1) is 13.0. The molecule has 0 unspecified atom stereocenters. The van der Waals surface area contributed by atoms with E-state index in [1.807, 2.05) is 30.3 Å². The largest absolute Gasteiger partial charge is 0.417 e. The molecule has 0 bridgehead atoms. The summed E-state index contributed by atoms with van der Waals surface area (Å²) in [7, 11) is -3.93. The van der Waals surface area contributed by atoms with Gasteiger partial charge in [-0.25, -0.2) is 22.5 Å². The second kappa shape index (κ2) is 6.73. The third-order valence-electron chi connectivity index (χ3n) is 4.05. The third kappa shape index (κ3) is 3.34. The summed E-state index contributed by atoms with van der Waals surface area (Å²) >= 11 is 0. The molecule has 2 aromatic heterocycles. The summed E-state index contributed by atoms with van der Waals surface area (Å²) in [5, 5.41) is 0. The van der Waals surface area contributed by atoms with Gasteiger partial charge in [0, 0.05) is 6.20 Å². The molecule has 1 N–H and O–H groups in total. The second-order valence-corrected chi connectivity index (χ2v) is 7.72. The number of nitrogens with one attached hydrogen (secondary N) is 1. The van der Waals surface area contributed by atoms with Crippen LogP contribution < -0.4 is 10.1 Å². The molecule has 0 fully saturated rings. The minimum absolute atomic E-state index is 0.0358. The van der Waals surface area contributed by atoms with E-state index in [1.165, 1.54) is 22.5 Å². The van der Waals surface area contributed by atoms with Crippen LogP contribution in [0.15, 0.2) is 87.0 Å². The number of pyridine rings is 1. The average molecular weight is 381 g/mol. The number of hydrogen-bond acceptors (Lipinski definition) is 5. The number of oxazole rings is 1. The average Bonchev–Trinajstić information content (AvgIpc) is 3.06. The van der Waals surface area contributed by atoms with Crippen molar-refractivity contribution in [1.82, 2.24) is 9.97 Å². The Bertz CT molecular complexity index is 1230. The van der Waals surface area contributed by atoms with Gasteiger partial charge in [-0.05, 0) is 35.9 Å². The monoisotopic (exact) mass is 381 g/mol. The van der Waals surface area contributed by atoms with Crippen LogP contribution in [0.5, 0.6) is 0 Å². The molecule has 4 rings (SSSR count). The van der Waals surface area contributed by atoms with Crippen LogP contribution in [0, 0.1) is 0 Å². The van der Waals surface area contributed by atoms with E-state index in [9.17, 15) is 13.2 Å². The van der Waals surface area contributed by atoms with Crippen LogP contribution in [-0.4, -0.2) is 18.4 Å². The highest BCUT2D eigenvalue weighted by Gasteiger charge is 2.26. The van der Waals surface area contributed by atoms with Crippen LogP contribution in [0.4, 0.5) is 5.82 Å². The zero-order chi connectivity index (χ0) is 18.9. The molecule has 2 heterocycles. The summed E-state index contributed by atoms with van der Waals surface area (Å²) in [5.41, 5.74) is 1.44. The molecule has 0 aliphatic heterocycles. The Balaban J connectivity index is 1.82. The molecule has 2 aromatic carbocycles. The van der Waals surface area contributed by atoms with E-state index >= 15 is 0 Å². The first kappa shape index (κ1) is 17.0. The number of H-pyrrole nitrogens is 1. The zero-order valence-corrected chi connectivity index (χ0v) is 14.9. The van der Waals surface area contributed by atoms with Crippen LogP contribution >= 0.6 is 0 Å². The van der Waals surface area contributed by atoms with Gasteiger partial charge in [0.15, 0.2) is 5.58 Å². The maximum Gasteiger partial charge on any atom is 0.417 e. The predicted octanol–water partition coefficient (Wildman–Crippen LogP) is 2.91. The lowest BCUT2D eigenvalue weighted by Gasteiger charge is -2.23.